The molecule has 0 spiro atoms. The highest BCUT2D eigenvalue weighted by Crippen LogP contribution is 2.25. The number of carbonyl (C=O) groups is 1. The van der Waals surface area contributed by atoms with Crippen LogP contribution in [-0.2, 0) is 0 Å². The lowest BCUT2D eigenvalue weighted by atomic mass is 10.2. The predicted molar refractivity (Wildman–Crippen MR) is 68.3 cm³/mol. The molecule has 0 aromatic heterocycles. The van der Waals surface area contributed by atoms with E-state index in [0.717, 1.165) is 0 Å². The Kier molecular flexibility index (Phi) is 4.90. The minimum Gasteiger partial charge on any atom is -0.338 e. The second-order valence-corrected chi connectivity index (χ2v) is 4.70. The van der Waals surface area contributed by atoms with E-state index in [1.54, 1.807) is 18.2 Å². The van der Waals surface area contributed by atoms with E-state index in [1.807, 2.05) is 13.8 Å². The molecule has 16 heavy (non-hydrogen) atoms. The van der Waals surface area contributed by atoms with Gasteiger partial charge in [-0.3, -0.25) is 0 Å². The van der Waals surface area contributed by atoms with Crippen LogP contribution in [0.25, 0.3) is 0 Å². The van der Waals surface area contributed by atoms with Gasteiger partial charge in [0.1, 0.15) is 0 Å². The summed E-state index contributed by atoms with van der Waals surface area (Å²) in [7, 11) is 0. The molecule has 0 radical (unpaired) electrons. The Morgan fingerprint density at radius 3 is 2.62 bits per heavy atom. The number of nitrogens with one attached hydrogen (secondary N) is 2. The fourth-order valence-corrected chi connectivity index (χ4v) is 1.51. The Morgan fingerprint density at radius 2 is 2.06 bits per heavy atom. The third-order valence-corrected chi connectivity index (χ3v) is 2.40. The average Bonchev–Trinajstić information content (AvgIpc) is 2.19. The summed E-state index contributed by atoms with van der Waals surface area (Å²) < 4.78 is 0. The fourth-order valence-electron chi connectivity index (χ4n) is 1.05. The summed E-state index contributed by atoms with van der Waals surface area (Å²) in [5.41, 5.74) is 0.548. The summed E-state index contributed by atoms with van der Waals surface area (Å²) in [6, 6.07) is 4.66. The van der Waals surface area contributed by atoms with Gasteiger partial charge in [-0.2, -0.15) is 0 Å². The van der Waals surface area contributed by atoms with Crippen LogP contribution in [0.2, 0.25) is 10.0 Å². The predicted octanol–water partition coefficient (Wildman–Crippen LogP) is 3.77. The van der Waals surface area contributed by atoms with Crippen LogP contribution in [0.3, 0.4) is 0 Å². The zero-order valence-corrected chi connectivity index (χ0v) is 10.7. The van der Waals surface area contributed by atoms with Gasteiger partial charge in [-0.05, 0) is 24.1 Å². The van der Waals surface area contributed by atoms with Crippen LogP contribution in [-0.4, -0.2) is 12.6 Å². The lowest BCUT2D eigenvalue weighted by Crippen LogP contribution is -2.31. The number of hydrogen-bond donors (Lipinski definition) is 2. The third-order valence-electron chi connectivity index (χ3n) is 1.85. The fraction of sp³-hybridized carbons (Fsp3) is 0.364. The van der Waals surface area contributed by atoms with Crippen LogP contribution in [0.15, 0.2) is 18.2 Å². The summed E-state index contributed by atoms with van der Waals surface area (Å²) in [6.45, 7) is 4.67. The number of carbonyl (C=O) groups excluding carboxylic acids is 1. The molecule has 0 saturated carbocycles. The molecule has 0 fully saturated rings. The molecule has 0 unspecified atom stereocenters. The molecule has 0 heterocycles. The van der Waals surface area contributed by atoms with Gasteiger partial charge in [-0.1, -0.05) is 37.0 Å². The van der Waals surface area contributed by atoms with E-state index in [2.05, 4.69) is 10.6 Å². The van der Waals surface area contributed by atoms with Gasteiger partial charge in [0.05, 0.1) is 10.7 Å². The number of hydrogen-bond acceptors (Lipinski definition) is 1. The lowest BCUT2D eigenvalue weighted by Gasteiger charge is -2.10. The van der Waals surface area contributed by atoms with Crippen LogP contribution < -0.4 is 10.6 Å². The Hall–Kier alpha value is -0.930. The smallest absolute Gasteiger partial charge is 0.319 e. The molecule has 0 atom stereocenters. The van der Waals surface area contributed by atoms with Gasteiger partial charge in [0.2, 0.25) is 0 Å². The highest BCUT2D eigenvalue weighted by Gasteiger charge is 2.06. The van der Waals surface area contributed by atoms with Gasteiger partial charge in [0.15, 0.2) is 0 Å². The molecule has 1 aromatic rings. The number of rotatable bonds is 3. The van der Waals surface area contributed by atoms with Gasteiger partial charge in [0, 0.05) is 11.6 Å². The topological polar surface area (TPSA) is 41.1 Å². The van der Waals surface area contributed by atoms with Crippen molar-refractivity contribution in [1.82, 2.24) is 5.32 Å². The van der Waals surface area contributed by atoms with E-state index in [4.69, 9.17) is 23.2 Å². The van der Waals surface area contributed by atoms with Gasteiger partial charge in [-0.25, -0.2) is 4.79 Å². The Labute approximate surface area is 105 Å². The molecule has 3 nitrogen and oxygen atoms in total. The highest BCUT2D eigenvalue weighted by molar-refractivity contribution is 6.36. The molecule has 0 aliphatic carbocycles. The van der Waals surface area contributed by atoms with E-state index in [9.17, 15) is 4.79 Å². The van der Waals surface area contributed by atoms with E-state index in [1.165, 1.54) is 0 Å². The van der Waals surface area contributed by atoms with E-state index >= 15 is 0 Å². The van der Waals surface area contributed by atoms with Crippen LogP contribution in [0, 0.1) is 5.92 Å². The summed E-state index contributed by atoms with van der Waals surface area (Å²) in [5, 5.41) is 6.35. The molecule has 1 aromatic carbocycles. The Morgan fingerprint density at radius 1 is 1.38 bits per heavy atom. The zero-order chi connectivity index (χ0) is 12.1. The van der Waals surface area contributed by atoms with Crippen molar-refractivity contribution in [3.63, 3.8) is 0 Å². The molecular weight excluding hydrogens is 247 g/mol. The first-order chi connectivity index (χ1) is 7.49. The molecule has 0 aliphatic heterocycles. The average molecular weight is 261 g/mol. The second-order valence-electron chi connectivity index (χ2n) is 3.85. The summed E-state index contributed by atoms with van der Waals surface area (Å²) in [5.74, 6) is 0.409. The first-order valence-electron chi connectivity index (χ1n) is 4.99. The standard InChI is InChI=1S/C11H14Cl2N2O/c1-7(2)6-14-11(16)15-10-4-3-8(12)5-9(10)13/h3-5,7H,6H2,1-2H3,(H2,14,15,16). The van der Waals surface area contributed by atoms with Gasteiger partial charge < -0.3 is 10.6 Å². The van der Waals surface area contributed by atoms with Crippen LogP contribution >= 0.6 is 23.2 Å². The van der Waals surface area contributed by atoms with Gasteiger partial charge in [0.25, 0.3) is 0 Å². The molecule has 0 aliphatic rings. The number of amides is 2. The first kappa shape index (κ1) is 13.1. The number of urea groups is 1. The molecular formula is C11H14Cl2N2O. The molecule has 1 rings (SSSR count). The minimum atomic E-state index is -0.266. The number of anilines is 1. The zero-order valence-electron chi connectivity index (χ0n) is 9.18. The number of benzene rings is 1. The minimum absolute atomic E-state index is 0.266. The normalized spacial score (nSPS) is 10.3. The van der Waals surface area contributed by atoms with E-state index < -0.39 is 0 Å². The summed E-state index contributed by atoms with van der Waals surface area (Å²) >= 11 is 11.7. The van der Waals surface area contributed by atoms with Crippen molar-refractivity contribution in [1.29, 1.82) is 0 Å². The van der Waals surface area contributed by atoms with Crippen molar-refractivity contribution in [2.75, 3.05) is 11.9 Å². The lowest BCUT2D eigenvalue weighted by molar-refractivity contribution is 0.251. The molecule has 2 N–H and O–H groups in total. The van der Waals surface area contributed by atoms with E-state index in [-0.39, 0.29) is 6.03 Å². The third kappa shape index (κ3) is 4.29. The van der Waals surface area contributed by atoms with Crippen LogP contribution in [0.1, 0.15) is 13.8 Å². The van der Waals surface area contributed by atoms with Crippen molar-refractivity contribution in [3.8, 4) is 0 Å². The summed E-state index contributed by atoms with van der Waals surface area (Å²) in [6.07, 6.45) is 0. The maximum Gasteiger partial charge on any atom is 0.319 e. The maximum atomic E-state index is 11.4. The second kappa shape index (κ2) is 5.97. The monoisotopic (exact) mass is 260 g/mol. The summed E-state index contributed by atoms with van der Waals surface area (Å²) in [4.78, 5) is 11.4. The molecule has 0 saturated heterocycles. The van der Waals surface area contributed by atoms with Crippen molar-refractivity contribution >= 4 is 34.9 Å². The van der Waals surface area contributed by atoms with Crippen LogP contribution in [0.4, 0.5) is 10.5 Å². The quantitative estimate of drug-likeness (QED) is 0.854. The SMILES string of the molecule is CC(C)CNC(=O)Nc1ccc(Cl)cc1Cl. The van der Waals surface area contributed by atoms with Crippen LogP contribution in [0.5, 0.6) is 0 Å². The van der Waals surface area contributed by atoms with Crippen molar-refractivity contribution in [2.45, 2.75) is 13.8 Å². The van der Waals surface area contributed by atoms with E-state index in [0.29, 0.717) is 28.2 Å². The van der Waals surface area contributed by atoms with Gasteiger partial charge >= 0.3 is 6.03 Å². The van der Waals surface area contributed by atoms with Crippen molar-refractivity contribution in [3.05, 3.63) is 28.2 Å². The molecule has 2 amide bonds. The highest BCUT2D eigenvalue weighted by atomic mass is 35.5. The Balaban J connectivity index is 2.56. The molecule has 0 bridgehead atoms. The van der Waals surface area contributed by atoms with Crippen molar-refractivity contribution in [2.24, 2.45) is 5.92 Å². The first-order valence-corrected chi connectivity index (χ1v) is 5.74. The van der Waals surface area contributed by atoms with Crippen molar-refractivity contribution < 1.29 is 4.79 Å². The van der Waals surface area contributed by atoms with Gasteiger partial charge in [-0.15, -0.1) is 0 Å². The Bertz CT molecular complexity index is 380. The molecule has 5 heteroatoms. The number of halogens is 2. The maximum absolute atomic E-state index is 11.4. The largest absolute Gasteiger partial charge is 0.338 e. The molecule has 88 valence electrons.